The summed E-state index contributed by atoms with van der Waals surface area (Å²) in [7, 11) is 0. The minimum atomic E-state index is 0.230. The Morgan fingerprint density at radius 2 is 1.88 bits per heavy atom. The van der Waals surface area contributed by atoms with Crippen LogP contribution in [-0.2, 0) is 4.79 Å². The van der Waals surface area contributed by atoms with Gasteiger partial charge in [-0.3, -0.25) is 9.69 Å². The first kappa shape index (κ1) is 17.0. The number of rotatable bonds is 4. The van der Waals surface area contributed by atoms with Gasteiger partial charge in [0.2, 0.25) is 5.91 Å². The van der Waals surface area contributed by atoms with Gasteiger partial charge in [-0.1, -0.05) is 35.5 Å². The Hall–Kier alpha value is -2.41. The molecule has 1 amide bonds. The monoisotopic (exact) mass is 355 g/mol. The van der Waals surface area contributed by atoms with Gasteiger partial charge >= 0.3 is 0 Å². The maximum absolute atomic E-state index is 12.7. The van der Waals surface area contributed by atoms with Crippen LogP contribution in [0.1, 0.15) is 23.6 Å². The van der Waals surface area contributed by atoms with Crippen LogP contribution in [-0.4, -0.2) is 71.8 Å². The van der Waals surface area contributed by atoms with Crippen molar-refractivity contribution in [2.24, 2.45) is 0 Å². The summed E-state index contributed by atoms with van der Waals surface area (Å²) in [6.45, 7) is 7.37. The molecule has 2 fully saturated rings. The first-order valence-electron chi connectivity index (χ1n) is 9.30. The molecule has 2 saturated heterocycles. The van der Waals surface area contributed by atoms with Gasteiger partial charge in [-0.15, -0.1) is 0 Å². The van der Waals surface area contributed by atoms with Crippen molar-refractivity contribution in [2.45, 2.75) is 19.3 Å². The number of aromatic nitrogens is 2. The highest BCUT2D eigenvalue weighted by Crippen LogP contribution is 2.26. The van der Waals surface area contributed by atoms with Crippen LogP contribution in [0.15, 0.2) is 35.0 Å². The normalized spacial score (nSPS) is 21.3. The molecule has 3 heterocycles. The molecule has 1 atom stereocenters. The van der Waals surface area contributed by atoms with Gasteiger partial charge in [-0.25, -0.2) is 4.63 Å². The largest absolute Gasteiger partial charge is 0.349 e. The van der Waals surface area contributed by atoms with E-state index in [4.69, 9.17) is 4.63 Å². The highest BCUT2D eigenvalue weighted by atomic mass is 16.6. The van der Waals surface area contributed by atoms with Crippen LogP contribution < -0.4 is 4.90 Å². The van der Waals surface area contributed by atoms with Crippen molar-refractivity contribution < 1.29 is 9.42 Å². The highest BCUT2D eigenvalue weighted by molar-refractivity contribution is 5.78. The number of carbonyl (C=O) groups excluding carboxylic acids is 1. The maximum Gasteiger partial charge on any atom is 0.236 e. The fraction of sp³-hybridized carbons (Fsp3) is 0.526. The zero-order valence-electron chi connectivity index (χ0n) is 15.2. The van der Waals surface area contributed by atoms with Gasteiger partial charge in [0.25, 0.3) is 0 Å². The second-order valence-electron chi connectivity index (χ2n) is 7.17. The molecule has 0 bridgehead atoms. The molecule has 138 valence electrons. The average Bonchev–Trinajstić information content (AvgIpc) is 3.32. The zero-order chi connectivity index (χ0) is 17.9. The summed E-state index contributed by atoms with van der Waals surface area (Å²) >= 11 is 0. The van der Waals surface area contributed by atoms with E-state index in [0.717, 1.165) is 57.2 Å². The van der Waals surface area contributed by atoms with Gasteiger partial charge in [0.05, 0.1) is 6.54 Å². The van der Waals surface area contributed by atoms with E-state index in [1.807, 2.05) is 11.8 Å². The summed E-state index contributed by atoms with van der Waals surface area (Å²) in [4.78, 5) is 19.1. The number of nitrogens with zero attached hydrogens (tertiary/aromatic N) is 5. The lowest BCUT2D eigenvalue weighted by Gasteiger charge is -2.35. The molecule has 4 rings (SSSR count). The topological polar surface area (TPSA) is 65.7 Å². The quantitative estimate of drug-likeness (QED) is 0.828. The molecule has 0 N–H and O–H groups in total. The number of hydrogen-bond acceptors (Lipinski definition) is 6. The number of benzene rings is 1. The molecule has 1 aromatic carbocycles. The number of likely N-dealkylation sites (tertiary alicyclic amines) is 1. The van der Waals surface area contributed by atoms with Crippen molar-refractivity contribution in [1.29, 1.82) is 0 Å². The van der Waals surface area contributed by atoms with Crippen molar-refractivity contribution in [3.05, 3.63) is 41.6 Å². The minimum Gasteiger partial charge on any atom is -0.349 e. The lowest BCUT2D eigenvalue weighted by Crippen LogP contribution is -2.51. The third-order valence-electron chi connectivity index (χ3n) is 5.46. The van der Waals surface area contributed by atoms with E-state index in [0.29, 0.717) is 12.5 Å². The predicted molar refractivity (Wildman–Crippen MR) is 98.1 cm³/mol. The van der Waals surface area contributed by atoms with E-state index in [-0.39, 0.29) is 5.91 Å². The van der Waals surface area contributed by atoms with E-state index in [1.165, 1.54) is 5.56 Å². The lowest BCUT2D eigenvalue weighted by atomic mass is 9.99. The summed E-state index contributed by atoms with van der Waals surface area (Å²) < 4.78 is 4.78. The van der Waals surface area contributed by atoms with E-state index >= 15 is 0 Å². The number of piperazine rings is 1. The smallest absolute Gasteiger partial charge is 0.236 e. The van der Waals surface area contributed by atoms with E-state index in [9.17, 15) is 4.79 Å². The molecule has 1 aromatic heterocycles. The highest BCUT2D eigenvalue weighted by Gasteiger charge is 2.29. The fourth-order valence-corrected chi connectivity index (χ4v) is 3.95. The molecule has 2 aliphatic heterocycles. The number of aryl methyl sites for hydroxylation is 1. The maximum atomic E-state index is 12.7. The van der Waals surface area contributed by atoms with Crippen LogP contribution in [0.25, 0.3) is 0 Å². The van der Waals surface area contributed by atoms with Crippen molar-refractivity contribution in [2.75, 3.05) is 50.7 Å². The zero-order valence-corrected chi connectivity index (χ0v) is 15.2. The lowest BCUT2D eigenvalue weighted by molar-refractivity contribution is -0.132. The second-order valence-corrected chi connectivity index (χ2v) is 7.17. The van der Waals surface area contributed by atoms with Crippen LogP contribution in [0.4, 0.5) is 5.82 Å². The Morgan fingerprint density at radius 1 is 1.12 bits per heavy atom. The molecule has 2 aliphatic rings. The average molecular weight is 355 g/mol. The minimum absolute atomic E-state index is 0.230. The Labute approximate surface area is 153 Å². The molecular formula is C19H25N5O2. The Morgan fingerprint density at radius 3 is 2.58 bits per heavy atom. The van der Waals surface area contributed by atoms with Gasteiger partial charge in [-0.2, -0.15) is 0 Å². The van der Waals surface area contributed by atoms with Crippen LogP contribution in [0.2, 0.25) is 0 Å². The van der Waals surface area contributed by atoms with Crippen molar-refractivity contribution in [1.82, 2.24) is 20.1 Å². The van der Waals surface area contributed by atoms with Crippen molar-refractivity contribution in [3.63, 3.8) is 0 Å². The van der Waals surface area contributed by atoms with E-state index in [2.05, 4.69) is 50.4 Å². The molecule has 0 saturated carbocycles. The molecule has 7 heteroatoms. The molecule has 0 spiro atoms. The molecule has 2 aromatic rings. The summed E-state index contributed by atoms with van der Waals surface area (Å²) in [6, 6.07) is 10.6. The molecule has 0 radical (unpaired) electrons. The van der Waals surface area contributed by atoms with Crippen LogP contribution in [0.3, 0.4) is 0 Å². The summed E-state index contributed by atoms with van der Waals surface area (Å²) in [5, 5.41) is 7.79. The van der Waals surface area contributed by atoms with Crippen LogP contribution in [0.5, 0.6) is 0 Å². The third-order valence-corrected chi connectivity index (χ3v) is 5.46. The molecule has 26 heavy (non-hydrogen) atoms. The van der Waals surface area contributed by atoms with Gasteiger partial charge in [-0.05, 0) is 36.5 Å². The molecular weight excluding hydrogens is 330 g/mol. The fourth-order valence-electron chi connectivity index (χ4n) is 3.95. The molecule has 7 nitrogen and oxygen atoms in total. The second kappa shape index (κ2) is 7.45. The first-order valence-corrected chi connectivity index (χ1v) is 9.30. The van der Waals surface area contributed by atoms with Gasteiger partial charge < -0.3 is 9.80 Å². The first-order chi connectivity index (χ1) is 12.7. The Bertz CT molecular complexity index is 739. The van der Waals surface area contributed by atoms with E-state index in [1.54, 1.807) is 0 Å². The Kier molecular flexibility index (Phi) is 4.88. The number of hydrogen-bond donors (Lipinski definition) is 0. The van der Waals surface area contributed by atoms with Gasteiger partial charge in [0.15, 0.2) is 5.82 Å². The summed E-state index contributed by atoms with van der Waals surface area (Å²) in [5.41, 5.74) is 2.18. The number of amides is 1. The molecule has 0 unspecified atom stereocenters. The van der Waals surface area contributed by atoms with Crippen LogP contribution in [0, 0.1) is 6.92 Å². The number of carbonyl (C=O) groups is 1. The van der Waals surface area contributed by atoms with Crippen molar-refractivity contribution >= 4 is 11.7 Å². The molecule has 0 aliphatic carbocycles. The predicted octanol–water partition coefficient (Wildman–Crippen LogP) is 1.52. The van der Waals surface area contributed by atoms with E-state index < -0.39 is 0 Å². The summed E-state index contributed by atoms with van der Waals surface area (Å²) in [6.07, 6.45) is 1.13. The summed E-state index contributed by atoms with van der Waals surface area (Å²) in [5.74, 6) is 1.57. The SMILES string of the molecule is Cc1nonc1N1CCN(C(=O)CN2CC[C@@H](c3ccccc3)C2)CC1. The number of anilines is 1. The van der Waals surface area contributed by atoms with Gasteiger partial charge in [0.1, 0.15) is 5.69 Å². The standard InChI is InChI=1S/C19H25N5O2/c1-15-19(21-26-20-15)24-11-9-23(10-12-24)18(25)14-22-8-7-17(13-22)16-5-3-2-4-6-16/h2-6,17H,7-14H2,1H3/t17-/m1/s1. The Balaban J connectivity index is 1.27. The van der Waals surface area contributed by atoms with Crippen molar-refractivity contribution in [3.8, 4) is 0 Å². The van der Waals surface area contributed by atoms with Gasteiger partial charge in [0, 0.05) is 32.7 Å². The van der Waals surface area contributed by atoms with Crippen LogP contribution >= 0.6 is 0 Å². The third kappa shape index (κ3) is 3.58.